The third-order valence-electron chi connectivity index (χ3n) is 6.48. The Hall–Kier alpha value is -3.59. The van der Waals surface area contributed by atoms with Crippen LogP contribution in [0.25, 0.3) is 0 Å². The summed E-state index contributed by atoms with van der Waals surface area (Å²) in [6.45, 7) is 11.1. The number of aliphatic hydroxyl groups is 1. The summed E-state index contributed by atoms with van der Waals surface area (Å²) >= 11 is 0. The van der Waals surface area contributed by atoms with Crippen molar-refractivity contribution in [3.8, 4) is 5.75 Å². The van der Waals surface area contributed by atoms with Gasteiger partial charge in [-0.05, 0) is 75.4 Å². The molecule has 4 N–H and O–H groups in total. The number of unbranched alkanes of at least 4 members (excludes halogenated alkanes) is 2. The third-order valence-corrected chi connectivity index (χ3v) is 6.48. The molecule has 3 amide bonds. The smallest absolute Gasteiger partial charge is 0.408 e. The van der Waals surface area contributed by atoms with Crippen LogP contribution in [0, 0.1) is 13.8 Å². The van der Waals surface area contributed by atoms with E-state index in [4.69, 9.17) is 4.74 Å². The molecule has 0 aliphatic heterocycles. The van der Waals surface area contributed by atoms with Crippen molar-refractivity contribution in [2.24, 2.45) is 0 Å². The number of aliphatic hydroxyl groups excluding tert-OH is 1. The monoisotopic (exact) mass is 555 g/mol. The molecule has 0 spiro atoms. The van der Waals surface area contributed by atoms with Crippen molar-refractivity contribution >= 4 is 17.9 Å². The quantitative estimate of drug-likeness (QED) is 0.273. The number of phenols is 1. The Kier molecular flexibility index (Phi) is 12.4. The van der Waals surface area contributed by atoms with Crippen molar-refractivity contribution in [3.63, 3.8) is 0 Å². The van der Waals surface area contributed by atoms with Gasteiger partial charge in [0.15, 0.2) is 0 Å². The van der Waals surface area contributed by atoms with Crippen LogP contribution in [0.4, 0.5) is 4.79 Å². The minimum absolute atomic E-state index is 0.0724. The minimum Gasteiger partial charge on any atom is -0.508 e. The summed E-state index contributed by atoms with van der Waals surface area (Å²) in [4.78, 5) is 41.9. The van der Waals surface area contributed by atoms with Crippen LogP contribution in [0.5, 0.6) is 5.75 Å². The Labute approximate surface area is 237 Å². The number of benzene rings is 2. The van der Waals surface area contributed by atoms with Crippen molar-refractivity contribution in [3.05, 3.63) is 64.7 Å². The second kappa shape index (κ2) is 15.3. The van der Waals surface area contributed by atoms with Crippen LogP contribution in [-0.4, -0.2) is 64.4 Å². The van der Waals surface area contributed by atoms with Gasteiger partial charge in [0.25, 0.3) is 0 Å². The van der Waals surface area contributed by atoms with Gasteiger partial charge < -0.3 is 30.5 Å². The van der Waals surface area contributed by atoms with Gasteiger partial charge in [-0.25, -0.2) is 4.79 Å². The van der Waals surface area contributed by atoms with Crippen molar-refractivity contribution in [1.82, 2.24) is 15.5 Å². The zero-order chi connectivity index (χ0) is 29.9. The molecule has 0 saturated carbocycles. The molecule has 2 rings (SSSR count). The number of alkyl carbamates (subject to hydrolysis) is 1. The topological polar surface area (TPSA) is 128 Å². The molecule has 220 valence electrons. The average Bonchev–Trinajstić information content (AvgIpc) is 2.87. The summed E-state index contributed by atoms with van der Waals surface area (Å²) in [5.74, 6) is -0.829. The van der Waals surface area contributed by atoms with E-state index in [9.17, 15) is 24.6 Å². The van der Waals surface area contributed by atoms with E-state index < -0.39 is 29.7 Å². The van der Waals surface area contributed by atoms with Crippen molar-refractivity contribution in [2.45, 2.75) is 84.9 Å². The molecule has 0 saturated heterocycles. The largest absolute Gasteiger partial charge is 0.508 e. The summed E-state index contributed by atoms with van der Waals surface area (Å²) in [5.41, 5.74) is 2.51. The molecule has 2 unspecified atom stereocenters. The Bertz CT molecular complexity index is 1130. The lowest BCUT2D eigenvalue weighted by atomic mass is 9.97. The van der Waals surface area contributed by atoms with Crippen molar-refractivity contribution in [2.75, 3.05) is 19.7 Å². The third kappa shape index (κ3) is 10.2. The number of hydrogen-bond donors (Lipinski definition) is 4. The molecule has 9 heteroatoms. The molecule has 0 bridgehead atoms. The Morgan fingerprint density at radius 3 is 2.25 bits per heavy atom. The molecule has 2 aromatic carbocycles. The van der Waals surface area contributed by atoms with E-state index in [-0.39, 0.29) is 31.2 Å². The van der Waals surface area contributed by atoms with E-state index in [2.05, 4.69) is 17.6 Å². The summed E-state index contributed by atoms with van der Waals surface area (Å²) in [6, 6.07) is 9.77. The van der Waals surface area contributed by atoms with Crippen LogP contribution < -0.4 is 10.6 Å². The highest BCUT2D eigenvalue weighted by Gasteiger charge is 2.36. The van der Waals surface area contributed by atoms with Gasteiger partial charge in [0, 0.05) is 19.5 Å². The van der Waals surface area contributed by atoms with E-state index in [0.29, 0.717) is 17.7 Å². The van der Waals surface area contributed by atoms with Gasteiger partial charge in [-0.2, -0.15) is 0 Å². The van der Waals surface area contributed by atoms with Crippen LogP contribution in [0.3, 0.4) is 0 Å². The Morgan fingerprint density at radius 2 is 1.68 bits per heavy atom. The van der Waals surface area contributed by atoms with Gasteiger partial charge >= 0.3 is 6.09 Å². The van der Waals surface area contributed by atoms with Crippen LogP contribution in [0.15, 0.2) is 42.5 Å². The first-order valence-corrected chi connectivity index (χ1v) is 13.9. The van der Waals surface area contributed by atoms with Crippen LogP contribution in [-0.2, 0) is 20.7 Å². The number of phenolic OH excluding ortho intramolecular Hbond substituents is 1. The van der Waals surface area contributed by atoms with Crippen molar-refractivity contribution < 1.29 is 29.3 Å². The van der Waals surface area contributed by atoms with E-state index in [1.54, 1.807) is 32.9 Å². The molecule has 2 aromatic rings. The number of carbonyl (C=O) groups is 3. The zero-order valence-electron chi connectivity index (χ0n) is 24.6. The first-order chi connectivity index (χ1) is 18.9. The highest BCUT2D eigenvalue weighted by molar-refractivity contribution is 5.92. The number of rotatable bonds is 13. The molecule has 0 radical (unpaired) electrons. The molecular weight excluding hydrogens is 510 g/mol. The molecule has 2 atom stereocenters. The molecule has 40 heavy (non-hydrogen) atoms. The second-order valence-corrected chi connectivity index (χ2v) is 11.1. The minimum atomic E-state index is -1.10. The highest BCUT2D eigenvalue weighted by Crippen LogP contribution is 2.25. The number of aromatic hydroxyl groups is 1. The van der Waals surface area contributed by atoms with Crippen LogP contribution in [0.2, 0.25) is 0 Å². The van der Waals surface area contributed by atoms with Gasteiger partial charge in [-0.15, -0.1) is 0 Å². The standard InChI is InChI=1S/C31H45N3O6/c1-7-8-9-16-32-28(37)27(24-13-10-21(2)22(3)19-24)34(17-18-35)29(38)26(33-30(39)40-31(4,5)6)20-23-11-14-25(36)15-12-23/h10-15,19,26-27,35-36H,7-9,16-18,20H2,1-6H3,(H,32,37)(H,33,39). The first-order valence-electron chi connectivity index (χ1n) is 13.9. The second-order valence-electron chi connectivity index (χ2n) is 11.1. The number of ether oxygens (including phenoxy) is 1. The van der Waals surface area contributed by atoms with E-state index in [0.717, 1.165) is 30.4 Å². The van der Waals surface area contributed by atoms with Gasteiger partial charge in [0.1, 0.15) is 23.4 Å². The lowest BCUT2D eigenvalue weighted by Crippen LogP contribution is -2.54. The molecule has 0 heterocycles. The van der Waals surface area contributed by atoms with Gasteiger partial charge in [-0.1, -0.05) is 50.1 Å². The van der Waals surface area contributed by atoms with Crippen molar-refractivity contribution in [1.29, 1.82) is 0 Å². The lowest BCUT2D eigenvalue weighted by Gasteiger charge is -2.34. The molecule has 0 aliphatic rings. The van der Waals surface area contributed by atoms with Crippen LogP contribution >= 0.6 is 0 Å². The SMILES string of the molecule is CCCCCNC(=O)C(c1ccc(C)c(C)c1)N(CCO)C(=O)C(Cc1ccc(O)cc1)NC(=O)OC(C)(C)C. The fourth-order valence-electron chi connectivity index (χ4n) is 4.28. The van der Waals surface area contributed by atoms with E-state index in [1.165, 1.54) is 17.0 Å². The first kappa shape index (κ1) is 32.6. The molecule has 0 aliphatic carbocycles. The fourth-order valence-corrected chi connectivity index (χ4v) is 4.28. The number of aryl methyl sites for hydroxylation is 2. The van der Waals surface area contributed by atoms with Gasteiger partial charge in [-0.3, -0.25) is 9.59 Å². The maximum Gasteiger partial charge on any atom is 0.408 e. The molecule has 0 aromatic heterocycles. The highest BCUT2D eigenvalue weighted by atomic mass is 16.6. The normalized spacial score (nSPS) is 12.8. The molecular formula is C31H45N3O6. The van der Waals surface area contributed by atoms with Gasteiger partial charge in [0.05, 0.1) is 6.61 Å². The van der Waals surface area contributed by atoms with E-state index in [1.807, 2.05) is 32.0 Å². The van der Waals surface area contributed by atoms with E-state index >= 15 is 0 Å². The fraction of sp³-hybridized carbons (Fsp3) is 0.516. The zero-order valence-corrected chi connectivity index (χ0v) is 24.6. The number of nitrogens with one attached hydrogen (secondary N) is 2. The lowest BCUT2D eigenvalue weighted by molar-refractivity contribution is -0.143. The maximum absolute atomic E-state index is 14.2. The van der Waals surface area contributed by atoms with Crippen LogP contribution in [0.1, 0.15) is 75.3 Å². The number of nitrogens with zero attached hydrogens (tertiary/aromatic N) is 1. The average molecular weight is 556 g/mol. The Morgan fingerprint density at radius 1 is 1.00 bits per heavy atom. The predicted molar refractivity (Wildman–Crippen MR) is 155 cm³/mol. The maximum atomic E-state index is 14.2. The number of amides is 3. The molecule has 0 fully saturated rings. The van der Waals surface area contributed by atoms with Gasteiger partial charge in [0.2, 0.25) is 11.8 Å². The summed E-state index contributed by atoms with van der Waals surface area (Å²) in [5, 5.41) is 25.3. The summed E-state index contributed by atoms with van der Waals surface area (Å²) < 4.78 is 5.42. The summed E-state index contributed by atoms with van der Waals surface area (Å²) in [6.07, 6.45) is 2.07. The Balaban J connectivity index is 2.50. The predicted octanol–water partition coefficient (Wildman–Crippen LogP) is 4.31. The number of carbonyl (C=O) groups excluding carboxylic acids is 3. The summed E-state index contributed by atoms with van der Waals surface area (Å²) in [7, 11) is 0. The molecule has 9 nitrogen and oxygen atoms in total. The number of hydrogen-bond acceptors (Lipinski definition) is 6.